The second-order valence-electron chi connectivity index (χ2n) is 7.62. The van der Waals surface area contributed by atoms with Crippen molar-refractivity contribution >= 4 is 22.8 Å². The van der Waals surface area contributed by atoms with E-state index in [0.29, 0.717) is 6.42 Å². The Labute approximate surface area is 164 Å². The lowest BCUT2D eigenvalue weighted by molar-refractivity contribution is -0.135. The number of rotatable bonds is 9. The molecular formula is C21H30N4O3. The van der Waals surface area contributed by atoms with Gasteiger partial charge in [0, 0.05) is 13.5 Å². The van der Waals surface area contributed by atoms with E-state index in [0.717, 1.165) is 48.8 Å². The monoisotopic (exact) mass is 386 g/mol. The first kappa shape index (κ1) is 20.3. The number of amides is 2. The van der Waals surface area contributed by atoms with Crippen molar-refractivity contribution < 1.29 is 9.59 Å². The fraction of sp³-hybridized carbons (Fsp3) is 0.571. The molecule has 1 unspecified atom stereocenters. The van der Waals surface area contributed by atoms with Crippen molar-refractivity contribution in [3.63, 3.8) is 0 Å². The normalized spacial score (nSPS) is 17.3. The van der Waals surface area contributed by atoms with Crippen molar-refractivity contribution in [1.82, 2.24) is 14.5 Å². The maximum Gasteiger partial charge on any atom is 0.329 e. The number of aryl methyl sites for hydroxylation is 2. The van der Waals surface area contributed by atoms with Gasteiger partial charge in [-0.15, -0.1) is 0 Å². The summed E-state index contributed by atoms with van der Waals surface area (Å²) in [5, 5.41) is 2.35. The fourth-order valence-electron chi connectivity index (χ4n) is 4.12. The summed E-state index contributed by atoms with van der Waals surface area (Å²) in [6.07, 6.45) is 8.44. The van der Waals surface area contributed by atoms with Crippen LogP contribution in [0.4, 0.5) is 0 Å². The highest BCUT2D eigenvalue weighted by atomic mass is 16.2. The van der Waals surface area contributed by atoms with Gasteiger partial charge >= 0.3 is 5.69 Å². The van der Waals surface area contributed by atoms with E-state index in [-0.39, 0.29) is 18.0 Å². The SMILES string of the molecule is Cn1c(=O)n(C2CCC(=O)NC2=O)c2cccc(CCCCCCCCN)c21. The number of carbonyl (C=O) groups excluding carboxylic acids is 2. The van der Waals surface area contributed by atoms with Crippen LogP contribution >= 0.6 is 0 Å². The number of aromatic nitrogens is 2. The number of carbonyl (C=O) groups is 2. The van der Waals surface area contributed by atoms with Crippen LogP contribution in [0.15, 0.2) is 23.0 Å². The minimum Gasteiger partial charge on any atom is -0.330 e. The van der Waals surface area contributed by atoms with Gasteiger partial charge < -0.3 is 5.73 Å². The van der Waals surface area contributed by atoms with Crippen LogP contribution in [-0.2, 0) is 23.1 Å². The van der Waals surface area contributed by atoms with Crippen LogP contribution in [0.3, 0.4) is 0 Å². The van der Waals surface area contributed by atoms with Crippen LogP contribution in [0.25, 0.3) is 11.0 Å². The molecule has 0 radical (unpaired) electrons. The summed E-state index contributed by atoms with van der Waals surface area (Å²) in [5.74, 6) is -0.671. The molecule has 0 spiro atoms. The number of nitrogens with one attached hydrogen (secondary N) is 1. The smallest absolute Gasteiger partial charge is 0.329 e. The van der Waals surface area contributed by atoms with E-state index in [1.54, 1.807) is 16.2 Å². The average Bonchev–Trinajstić information content (AvgIpc) is 2.93. The lowest BCUT2D eigenvalue weighted by Crippen LogP contribution is -2.44. The van der Waals surface area contributed by atoms with Crippen molar-refractivity contribution in [2.45, 2.75) is 63.8 Å². The summed E-state index contributed by atoms with van der Waals surface area (Å²) < 4.78 is 3.18. The Bertz CT molecular complexity index is 912. The Morgan fingerprint density at radius 1 is 1.07 bits per heavy atom. The van der Waals surface area contributed by atoms with Gasteiger partial charge in [-0.3, -0.25) is 24.0 Å². The number of nitrogens with two attached hydrogens (primary N) is 1. The van der Waals surface area contributed by atoms with Gasteiger partial charge in [-0.1, -0.05) is 37.8 Å². The Balaban J connectivity index is 1.78. The molecule has 3 rings (SSSR count). The van der Waals surface area contributed by atoms with Crippen molar-refractivity contribution in [2.24, 2.45) is 12.8 Å². The number of hydrogen-bond acceptors (Lipinski definition) is 4. The van der Waals surface area contributed by atoms with E-state index in [2.05, 4.69) is 11.4 Å². The number of unbranched alkanes of at least 4 members (excludes halogenated alkanes) is 5. The van der Waals surface area contributed by atoms with Gasteiger partial charge in [-0.05, 0) is 43.9 Å². The predicted molar refractivity (Wildman–Crippen MR) is 109 cm³/mol. The van der Waals surface area contributed by atoms with Crippen molar-refractivity contribution in [3.05, 3.63) is 34.2 Å². The van der Waals surface area contributed by atoms with Crippen LogP contribution in [-0.4, -0.2) is 27.5 Å². The van der Waals surface area contributed by atoms with Gasteiger partial charge in [0.15, 0.2) is 0 Å². The standard InChI is InChI=1S/C21H30N4O3/c1-24-19-15(9-6-4-2-3-5-7-14-22)10-8-11-16(19)25(21(24)28)17-12-13-18(26)23-20(17)27/h8,10-11,17H,2-7,9,12-14,22H2,1H3,(H,23,26,27). The lowest BCUT2D eigenvalue weighted by atomic mass is 10.0. The molecule has 1 aromatic carbocycles. The zero-order valence-electron chi connectivity index (χ0n) is 16.6. The highest BCUT2D eigenvalue weighted by Gasteiger charge is 2.31. The predicted octanol–water partition coefficient (Wildman–Crippen LogP) is 2.16. The molecule has 1 atom stereocenters. The molecule has 1 aromatic heterocycles. The number of fused-ring (bicyclic) bond motifs is 1. The van der Waals surface area contributed by atoms with Crippen LogP contribution < -0.4 is 16.7 Å². The third-order valence-electron chi connectivity index (χ3n) is 5.61. The minimum atomic E-state index is -0.633. The molecule has 1 fully saturated rings. The van der Waals surface area contributed by atoms with Gasteiger partial charge in [-0.2, -0.15) is 0 Å². The maximum absolute atomic E-state index is 12.9. The van der Waals surface area contributed by atoms with Crippen LogP contribution in [0, 0.1) is 0 Å². The summed E-state index contributed by atoms with van der Waals surface area (Å²) >= 11 is 0. The van der Waals surface area contributed by atoms with Crippen LogP contribution in [0.5, 0.6) is 0 Å². The van der Waals surface area contributed by atoms with Gasteiger partial charge in [-0.25, -0.2) is 4.79 Å². The second kappa shape index (κ2) is 9.19. The first-order chi connectivity index (χ1) is 13.5. The van der Waals surface area contributed by atoms with Gasteiger partial charge in [0.05, 0.1) is 11.0 Å². The summed E-state index contributed by atoms with van der Waals surface area (Å²) in [4.78, 5) is 36.7. The van der Waals surface area contributed by atoms with E-state index in [1.165, 1.54) is 19.3 Å². The minimum absolute atomic E-state index is 0.210. The van der Waals surface area contributed by atoms with Crippen molar-refractivity contribution in [2.75, 3.05) is 6.54 Å². The molecule has 0 saturated carbocycles. The van der Waals surface area contributed by atoms with E-state index in [9.17, 15) is 14.4 Å². The Morgan fingerprint density at radius 2 is 1.79 bits per heavy atom. The number of benzene rings is 1. The third-order valence-corrected chi connectivity index (χ3v) is 5.61. The number of imidazole rings is 1. The summed E-state index contributed by atoms with van der Waals surface area (Å²) in [5.41, 5.74) is 8.10. The summed E-state index contributed by atoms with van der Waals surface area (Å²) in [6.45, 7) is 0.764. The molecule has 3 N–H and O–H groups in total. The number of imide groups is 1. The summed E-state index contributed by atoms with van der Waals surface area (Å²) in [6, 6.07) is 5.26. The molecule has 152 valence electrons. The molecular weight excluding hydrogens is 356 g/mol. The largest absolute Gasteiger partial charge is 0.330 e. The Hall–Kier alpha value is -2.41. The fourth-order valence-corrected chi connectivity index (χ4v) is 4.12. The van der Waals surface area contributed by atoms with Crippen molar-refractivity contribution in [1.29, 1.82) is 0 Å². The zero-order chi connectivity index (χ0) is 20.1. The Kier molecular flexibility index (Phi) is 6.67. The van der Waals surface area contributed by atoms with E-state index in [1.807, 2.05) is 12.1 Å². The molecule has 7 heteroatoms. The molecule has 0 aliphatic carbocycles. The zero-order valence-corrected chi connectivity index (χ0v) is 16.6. The highest BCUT2D eigenvalue weighted by Crippen LogP contribution is 2.25. The lowest BCUT2D eigenvalue weighted by Gasteiger charge is -2.21. The number of para-hydroxylation sites is 1. The summed E-state index contributed by atoms with van der Waals surface area (Å²) in [7, 11) is 1.75. The van der Waals surface area contributed by atoms with Crippen LogP contribution in [0.1, 0.15) is 63.0 Å². The molecule has 2 aromatic rings. The molecule has 1 aliphatic heterocycles. The second-order valence-corrected chi connectivity index (χ2v) is 7.62. The molecule has 1 saturated heterocycles. The van der Waals surface area contributed by atoms with Crippen molar-refractivity contribution in [3.8, 4) is 0 Å². The number of nitrogens with zero attached hydrogens (tertiary/aromatic N) is 2. The molecule has 0 bridgehead atoms. The molecule has 28 heavy (non-hydrogen) atoms. The number of piperidine rings is 1. The average molecular weight is 386 g/mol. The van der Waals surface area contributed by atoms with Crippen LogP contribution in [0.2, 0.25) is 0 Å². The number of hydrogen-bond donors (Lipinski definition) is 2. The maximum atomic E-state index is 12.9. The topological polar surface area (TPSA) is 99.1 Å². The quantitative estimate of drug-likeness (QED) is 0.509. The Morgan fingerprint density at radius 3 is 2.50 bits per heavy atom. The first-order valence-corrected chi connectivity index (χ1v) is 10.3. The molecule has 7 nitrogen and oxygen atoms in total. The van der Waals surface area contributed by atoms with Gasteiger partial charge in [0.25, 0.3) is 0 Å². The molecule has 2 amide bonds. The highest BCUT2D eigenvalue weighted by molar-refractivity contribution is 6.00. The van der Waals surface area contributed by atoms with E-state index in [4.69, 9.17) is 5.73 Å². The van der Waals surface area contributed by atoms with Gasteiger partial charge in [0.2, 0.25) is 11.8 Å². The van der Waals surface area contributed by atoms with E-state index < -0.39 is 11.9 Å². The van der Waals surface area contributed by atoms with E-state index >= 15 is 0 Å². The third kappa shape index (κ3) is 4.19. The first-order valence-electron chi connectivity index (χ1n) is 10.3. The molecule has 2 heterocycles. The van der Waals surface area contributed by atoms with Gasteiger partial charge in [0.1, 0.15) is 6.04 Å². The molecule has 1 aliphatic rings.